The van der Waals surface area contributed by atoms with Crippen LogP contribution in [0, 0.1) is 11.2 Å². The number of rotatable bonds is 3. The van der Waals surface area contributed by atoms with Crippen molar-refractivity contribution in [3.63, 3.8) is 0 Å². The van der Waals surface area contributed by atoms with Gasteiger partial charge in [0.1, 0.15) is 11.6 Å². The standard InChI is InChI=1S/C18H25FN2O2/c1-14(23-16-4-2-3-15(19)13-16)17(22)21-11-7-18(8-12-21)5-9-20-10-6-18/h2-4,13-14,20H,5-12H2,1H3. The summed E-state index contributed by atoms with van der Waals surface area (Å²) in [6.45, 7) is 5.52. The van der Waals surface area contributed by atoms with Crippen LogP contribution in [-0.4, -0.2) is 43.1 Å². The van der Waals surface area contributed by atoms with Crippen molar-refractivity contribution in [2.24, 2.45) is 5.41 Å². The van der Waals surface area contributed by atoms with Crippen molar-refractivity contribution in [1.82, 2.24) is 10.2 Å². The van der Waals surface area contributed by atoms with Gasteiger partial charge in [-0.2, -0.15) is 0 Å². The first kappa shape index (κ1) is 16.2. The van der Waals surface area contributed by atoms with Crippen LogP contribution in [0.3, 0.4) is 0 Å². The summed E-state index contributed by atoms with van der Waals surface area (Å²) in [5.41, 5.74) is 0.425. The van der Waals surface area contributed by atoms with E-state index < -0.39 is 6.10 Å². The number of halogens is 1. The Labute approximate surface area is 137 Å². The van der Waals surface area contributed by atoms with Crippen LogP contribution in [0.25, 0.3) is 0 Å². The van der Waals surface area contributed by atoms with E-state index in [0.29, 0.717) is 11.2 Å². The number of carbonyl (C=O) groups excluding carboxylic acids is 1. The molecule has 0 radical (unpaired) electrons. The highest BCUT2D eigenvalue weighted by Crippen LogP contribution is 2.39. The van der Waals surface area contributed by atoms with E-state index in [1.807, 2.05) is 4.90 Å². The fraction of sp³-hybridized carbons (Fsp3) is 0.611. The fourth-order valence-electron chi connectivity index (χ4n) is 3.71. The lowest BCUT2D eigenvalue weighted by molar-refractivity contribution is -0.140. The van der Waals surface area contributed by atoms with Crippen LogP contribution in [0.5, 0.6) is 5.75 Å². The Bertz CT molecular complexity index is 548. The number of hydrogen-bond donors (Lipinski definition) is 1. The Morgan fingerprint density at radius 1 is 1.26 bits per heavy atom. The maximum Gasteiger partial charge on any atom is 0.263 e. The zero-order valence-electron chi connectivity index (χ0n) is 13.7. The van der Waals surface area contributed by atoms with Crippen LogP contribution >= 0.6 is 0 Å². The van der Waals surface area contributed by atoms with Crippen molar-refractivity contribution in [2.45, 2.75) is 38.7 Å². The first-order valence-corrected chi connectivity index (χ1v) is 8.50. The molecule has 1 N–H and O–H groups in total. The third kappa shape index (κ3) is 3.83. The second-order valence-corrected chi connectivity index (χ2v) is 6.79. The molecule has 2 aliphatic rings. The molecule has 2 fully saturated rings. The SMILES string of the molecule is CC(Oc1cccc(F)c1)C(=O)N1CCC2(CCNCC2)CC1. The van der Waals surface area contributed by atoms with E-state index >= 15 is 0 Å². The number of benzene rings is 1. The molecule has 2 aliphatic heterocycles. The lowest BCUT2D eigenvalue weighted by atomic mass is 9.71. The molecule has 4 nitrogen and oxygen atoms in total. The number of likely N-dealkylation sites (tertiary alicyclic amines) is 1. The smallest absolute Gasteiger partial charge is 0.263 e. The maximum absolute atomic E-state index is 13.2. The molecule has 0 aliphatic carbocycles. The summed E-state index contributed by atoms with van der Waals surface area (Å²) in [5, 5.41) is 3.41. The van der Waals surface area contributed by atoms with E-state index in [-0.39, 0.29) is 11.7 Å². The minimum absolute atomic E-state index is 0.00181. The molecule has 1 amide bonds. The summed E-state index contributed by atoms with van der Waals surface area (Å²) in [6, 6.07) is 5.93. The van der Waals surface area contributed by atoms with Crippen molar-refractivity contribution in [3.05, 3.63) is 30.1 Å². The molecule has 23 heavy (non-hydrogen) atoms. The molecule has 2 saturated heterocycles. The third-order valence-corrected chi connectivity index (χ3v) is 5.26. The zero-order chi connectivity index (χ0) is 16.3. The number of piperidine rings is 2. The Morgan fingerprint density at radius 3 is 2.61 bits per heavy atom. The number of ether oxygens (including phenoxy) is 1. The highest BCUT2D eigenvalue weighted by molar-refractivity contribution is 5.81. The maximum atomic E-state index is 13.2. The van der Waals surface area contributed by atoms with E-state index in [9.17, 15) is 9.18 Å². The molecular formula is C18H25FN2O2. The molecular weight excluding hydrogens is 295 g/mol. The Kier molecular flexibility index (Phi) is 4.85. The summed E-state index contributed by atoms with van der Waals surface area (Å²) in [4.78, 5) is 14.5. The molecule has 0 bridgehead atoms. The number of hydrogen-bond acceptors (Lipinski definition) is 3. The number of nitrogens with one attached hydrogen (secondary N) is 1. The molecule has 5 heteroatoms. The molecule has 1 atom stereocenters. The second-order valence-electron chi connectivity index (χ2n) is 6.79. The summed E-state index contributed by atoms with van der Waals surface area (Å²) in [7, 11) is 0. The monoisotopic (exact) mass is 320 g/mol. The van der Waals surface area contributed by atoms with Crippen LogP contribution in [-0.2, 0) is 4.79 Å². The molecule has 1 aromatic rings. The minimum atomic E-state index is -0.584. The summed E-state index contributed by atoms with van der Waals surface area (Å²) >= 11 is 0. The summed E-state index contributed by atoms with van der Waals surface area (Å²) in [6.07, 6.45) is 3.99. The lowest BCUT2D eigenvalue weighted by Gasteiger charge is -2.44. The predicted molar refractivity (Wildman–Crippen MR) is 86.8 cm³/mol. The van der Waals surface area contributed by atoms with Crippen molar-refractivity contribution in [2.75, 3.05) is 26.2 Å². The van der Waals surface area contributed by atoms with Crippen LogP contribution in [0.4, 0.5) is 4.39 Å². The van der Waals surface area contributed by atoms with Crippen LogP contribution in [0.1, 0.15) is 32.6 Å². The molecule has 0 saturated carbocycles. The van der Waals surface area contributed by atoms with Crippen molar-refractivity contribution in [1.29, 1.82) is 0 Å². The number of nitrogens with zero attached hydrogens (tertiary/aromatic N) is 1. The third-order valence-electron chi connectivity index (χ3n) is 5.26. The van der Waals surface area contributed by atoms with Gasteiger partial charge in [-0.05, 0) is 63.2 Å². The van der Waals surface area contributed by atoms with Gasteiger partial charge in [-0.1, -0.05) is 6.07 Å². The van der Waals surface area contributed by atoms with E-state index in [2.05, 4.69) is 5.32 Å². The summed E-state index contributed by atoms with van der Waals surface area (Å²) < 4.78 is 18.8. The molecule has 1 spiro atoms. The van der Waals surface area contributed by atoms with E-state index in [4.69, 9.17) is 4.74 Å². The van der Waals surface area contributed by atoms with Gasteiger partial charge in [-0.15, -0.1) is 0 Å². The topological polar surface area (TPSA) is 41.6 Å². The lowest BCUT2D eigenvalue weighted by Crippen LogP contribution is -2.50. The van der Waals surface area contributed by atoms with Gasteiger partial charge < -0.3 is 15.0 Å². The quantitative estimate of drug-likeness (QED) is 0.931. The fourth-order valence-corrected chi connectivity index (χ4v) is 3.71. The van der Waals surface area contributed by atoms with Crippen LogP contribution in [0.15, 0.2) is 24.3 Å². The molecule has 126 valence electrons. The minimum Gasteiger partial charge on any atom is -0.481 e. The highest BCUT2D eigenvalue weighted by Gasteiger charge is 2.37. The van der Waals surface area contributed by atoms with Crippen molar-refractivity contribution >= 4 is 5.91 Å². The van der Waals surface area contributed by atoms with Gasteiger partial charge in [0, 0.05) is 19.2 Å². The Morgan fingerprint density at radius 2 is 1.96 bits per heavy atom. The molecule has 0 aromatic heterocycles. The first-order valence-electron chi connectivity index (χ1n) is 8.50. The van der Waals surface area contributed by atoms with Gasteiger partial charge in [-0.25, -0.2) is 4.39 Å². The molecule has 1 unspecified atom stereocenters. The zero-order valence-corrected chi connectivity index (χ0v) is 13.7. The largest absolute Gasteiger partial charge is 0.481 e. The molecule has 3 rings (SSSR count). The van der Waals surface area contributed by atoms with E-state index in [0.717, 1.165) is 39.0 Å². The van der Waals surface area contributed by atoms with Crippen LogP contribution in [0.2, 0.25) is 0 Å². The average Bonchev–Trinajstić information content (AvgIpc) is 2.56. The summed E-state index contributed by atoms with van der Waals surface area (Å²) in [5.74, 6) is 0.0451. The Hall–Kier alpha value is -1.62. The second kappa shape index (κ2) is 6.87. The normalized spacial score (nSPS) is 21.9. The number of amides is 1. The van der Waals surface area contributed by atoms with E-state index in [1.165, 1.54) is 25.0 Å². The van der Waals surface area contributed by atoms with Crippen molar-refractivity contribution in [3.8, 4) is 5.75 Å². The molecule has 2 heterocycles. The van der Waals surface area contributed by atoms with Gasteiger partial charge in [-0.3, -0.25) is 4.79 Å². The van der Waals surface area contributed by atoms with Gasteiger partial charge in [0.25, 0.3) is 5.91 Å². The first-order chi connectivity index (χ1) is 11.1. The highest BCUT2D eigenvalue weighted by atomic mass is 19.1. The van der Waals surface area contributed by atoms with Crippen molar-refractivity contribution < 1.29 is 13.9 Å². The van der Waals surface area contributed by atoms with Gasteiger partial charge in [0.15, 0.2) is 6.10 Å². The Balaban J connectivity index is 1.54. The average molecular weight is 320 g/mol. The van der Waals surface area contributed by atoms with Gasteiger partial charge in [0.2, 0.25) is 0 Å². The van der Waals surface area contributed by atoms with Gasteiger partial charge in [0.05, 0.1) is 0 Å². The molecule has 1 aromatic carbocycles. The van der Waals surface area contributed by atoms with E-state index in [1.54, 1.807) is 19.1 Å². The number of carbonyl (C=O) groups is 1. The van der Waals surface area contributed by atoms with Gasteiger partial charge >= 0.3 is 0 Å². The predicted octanol–water partition coefficient (Wildman–Crippen LogP) is 2.59. The van der Waals surface area contributed by atoms with Crippen LogP contribution < -0.4 is 10.1 Å².